The second kappa shape index (κ2) is 4.94. The van der Waals surface area contributed by atoms with E-state index in [1.807, 2.05) is 24.5 Å². The number of H-pyrrole nitrogens is 1. The molecule has 1 aromatic carbocycles. The summed E-state index contributed by atoms with van der Waals surface area (Å²) >= 11 is 5.88. The number of rotatable bonds is 4. The first-order chi connectivity index (χ1) is 8.49. The molecule has 0 amide bonds. The first-order valence-corrected chi connectivity index (χ1v) is 6.29. The topological polar surface area (TPSA) is 53.8 Å². The number of anilines is 2. The number of aromatic amines is 1. The Hall–Kier alpha value is -1.61. The highest BCUT2D eigenvalue weighted by molar-refractivity contribution is 6.31. The van der Waals surface area contributed by atoms with Crippen molar-refractivity contribution >= 4 is 23.0 Å². The standard InChI is InChI=1S/C14H18ClN3/c1-14(2,10-5-6-17-8-10)9-18-13-4-3-11(15)7-12(13)16/h3-8,17-18H,9,16H2,1-2H3. The molecule has 96 valence electrons. The van der Waals surface area contributed by atoms with E-state index in [1.165, 1.54) is 5.56 Å². The van der Waals surface area contributed by atoms with E-state index < -0.39 is 0 Å². The maximum absolute atomic E-state index is 5.92. The van der Waals surface area contributed by atoms with Gasteiger partial charge in [-0.3, -0.25) is 0 Å². The van der Waals surface area contributed by atoms with E-state index in [0.29, 0.717) is 10.7 Å². The zero-order valence-corrected chi connectivity index (χ0v) is 11.4. The molecule has 0 aliphatic heterocycles. The fraction of sp³-hybridized carbons (Fsp3) is 0.286. The maximum Gasteiger partial charge on any atom is 0.0575 e. The molecule has 0 aliphatic carbocycles. The summed E-state index contributed by atoms with van der Waals surface area (Å²) in [6, 6.07) is 7.59. The van der Waals surface area contributed by atoms with Crippen molar-refractivity contribution in [3.63, 3.8) is 0 Å². The Labute approximate surface area is 112 Å². The SMILES string of the molecule is CC(C)(CNc1ccc(Cl)cc1N)c1cc[nH]c1. The smallest absolute Gasteiger partial charge is 0.0575 e. The average Bonchev–Trinajstić information content (AvgIpc) is 2.82. The molecule has 4 heteroatoms. The number of hydrogen-bond acceptors (Lipinski definition) is 2. The monoisotopic (exact) mass is 263 g/mol. The minimum absolute atomic E-state index is 0.0338. The first-order valence-electron chi connectivity index (χ1n) is 5.91. The second-order valence-electron chi connectivity index (χ2n) is 5.07. The first kappa shape index (κ1) is 12.8. The lowest BCUT2D eigenvalue weighted by molar-refractivity contribution is 0.558. The number of nitrogens with two attached hydrogens (primary N) is 1. The molecule has 1 heterocycles. The summed E-state index contributed by atoms with van der Waals surface area (Å²) in [6.07, 6.45) is 3.96. The van der Waals surface area contributed by atoms with Gasteiger partial charge in [0.1, 0.15) is 0 Å². The third-order valence-corrected chi connectivity index (χ3v) is 3.35. The number of halogens is 1. The van der Waals surface area contributed by atoms with Gasteiger partial charge in [0.05, 0.1) is 11.4 Å². The molecule has 3 nitrogen and oxygen atoms in total. The van der Waals surface area contributed by atoms with E-state index in [2.05, 4.69) is 30.2 Å². The molecule has 1 aromatic heterocycles. The molecule has 0 saturated carbocycles. The lowest BCUT2D eigenvalue weighted by Gasteiger charge is -2.25. The molecule has 0 aliphatic rings. The average molecular weight is 264 g/mol. The van der Waals surface area contributed by atoms with Gasteiger partial charge in [-0.1, -0.05) is 25.4 Å². The summed E-state index contributed by atoms with van der Waals surface area (Å²) in [4.78, 5) is 3.08. The van der Waals surface area contributed by atoms with Crippen LogP contribution in [0.25, 0.3) is 0 Å². The highest BCUT2D eigenvalue weighted by Gasteiger charge is 2.20. The van der Waals surface area contributed by atoms with Crippen molar-refractivity contribution in [3.8, 4) is 0 Å². The van der Waals surface area contributed by atoms with Crippen LogP contribution in [0.2, 0.25) is 5.02 Å². The summed E-state index contributed by atoms with van der Waals surface area (Å²) in [5, 5.41) is 4.03. The van der Waals surface area contributed by atoms with Crippen LogP contribution in [-0.4, -0.2) is 11.5 Å². The minimum Gasteiger partial charge on any atom is -0.397 e. The van der Waals surface area contributed by atoms with E-state index >= 15 is 0 Å². The summed E-state index contributed by atoms with van der Waals surface area (Å²) in [5.41, 5.74) is 8.81. The van der Waals surface area contributed by atoms with Crippen LogP contribution in [0, 0.1) is 0 Å². The zero-order valence-electron chi connectivity index (χ0n) is 10.6. The highest BCUT2D eigenvalue weighted by atomic mass is 35.5. The molecule has 0 bridgehead atoms. The summed E-state index contributed by atoms with van der Waals surface area (Å²) < 4.78 is 0. The lowest BCUT2D eigenvalue weighted by atomic mass is 9.86. The van der Waals surface area contributed by atoms with E-state index in [1.54, 1.807) is 6.07 Å². The van der Waals surface area contributed by atoms with Crippen molar-refractivity contribution in [2.75, 3.05) is 17.6 Å². The van der Waals surface area contributed by atoms with Crippen LogP contribution in [0.15, 0.2) is 36.7 Å². The Kier molecular flexibility index (Phi) is 3.53. The molecule has 0 unspecified atom stereocenters. The molecule has 0 atom stereocenters. The van der Waals surface area contributed by atoms with Crippen LogP contribution < -0.4 is 11.1 Å². The second-order valence-corrected chi connectivity index (χ2v) is 5.51. The van der Waals surface area contributed by atoms with Crippen LogP contribution in [0.3, 0.4) is 0 Å². The van der Waals surface area contributed by atoms with Gasteiger partial charge in [-0.05, 0) is 29.8 Å². The van der Waals surface area contributed by atoms with Gasteiger partial charge >= 0.3 is 0 Å². The minimum atomic E-state index is 0.0338. The Morgan fingerprint density at radius 1 is 1.33 bits per heavy atom. The van der Waals surface area contributed by atoms with Crippen molar-refractivity contribution in [2.24, 2.45) is 0 Å². The van der Waals surface area contributed by atoms with Crippen LogP contribution in [-0.2, 0) is 5.41 Å². The summed E-state index contributed by atoms with van der Waals surface area (Å²) in [7, 11) is 0. The van der Waals surface area contributed by atoms with Gasteiger partial charge in [0.15, 0.2) is 0 Å². The third-order valence-electron chi connectivity index (χ3n) is 3.11. The summed E-state index contributed by atoms with van der Waals surface area (Å²) in [5.74, 6) is 0. The highest BCUT2D eigenvalue weighted by Crippen LogP contribution is 2.26. The quantitative estimate of drug-likeness (QED) is 0.738. The van der Waals surface area contributed by atoms with Crippen LogP contribution in [0.4, 0.5) is 11.4 Å². The van der Waals surface area contributed by atoms with Gasteiger partial charge in [0.25, 0.3) is 0 Å². The predicted octanol–water partition coefficient (Wildman–Crippen LogP) is 3.64. The molecule has 2 aromatic rings. The van der Waals surface area contributed by atoms with Gasteiger partial charge < -0.3 is 16.0 Å². The fourth-order valence-corrected chi connectivity index (χ4v) is 2.04. The van der Waals surface area contributed by atoms with Gasteiger partial charge in [-0.15, -0.1) is 0 Å². The molecule has 18 heavy (non-hydrogen) atoms. The Bertz CT molecular complexity index is 518. The normalized spacial score (nSPS) is 11.5. The number of nitrogen functional groups attached to an aromatic ring is 1. The maximum atomic E-state index is 5.92. The molecular weight excluding hydrogens is 246 g/mol. The van der Waals surface area contributed by atoms with Crippen LogP contribution >= 0.6 is 11.6 Å². The molecule has 4 N–H and O–H groups in total. The molecule has 0 saturated heterocycles. The molecule has 0 radical (unpaired) electrons. The Balaban J connectivity index is 2.07. The Morgan fingerprint density at radius 2 is 2.11 bits per heavy atom. The number of hydrogen-bond donors (Lipinski definition) is 3. The van der Waals surface area contributed by atoms with Crippen LogP contribution in [0.1, 0.15) is 19.4 Å². The van der Waals surface area contributed by atoms with Gasteiger partial charge in [-0.25, -0.2) is 0 Å². The fourth-order valence-electron chi connectivity index (χ4n) is 1.86. The van der Waals surface area contributed by atoms with Crippen LogP contribution in [0.5, 0.6) is 0 Å². The molecular formula is C14H18ClN3. The van der Waals surface area contributed by atoms with Gasteiger partial charge in [0.2, 0.25) is 0 Å². The van der Waals surface area contributed by atoms with E-state index in [4.69, 9.17) is 17.3 Å². The van der Waals surface area contributed by atoms with Crippen molar-refractivity contribution in [1.82, 2.24) is 4.98 Å². The molecule has 0 fully saturated rings. The predicted molar refractivity (Wildman–Crippen MR) is 78.2 cm³/mol. The number of benzene rings is 1. The van der Waals surface area contributed by atoms with Crippen molar-refractivity contribution in [3.05, 3.63) is 47.2 Å². The number of nitrogens with one attached hydrogen (secondary N) is 2. The van der Waals surface area contributed by atoms with Gasteiger partial charge in [-0.2, -0.15) is 0 Å². The van der Waals surface area contributed by atoms with Crippen molar-refractivity contribution in [2.45, 2.75) is 19.3 Å². The zero-order chi connectivity index (χ0) is 13.2. The lowest BCUT2D eigenvalue weighted by Crippen LogP contribution is -2.27. The van der Waals surface area contributed by atoms with E-state index in [0.717, 1.165) is 12.2 Å². The van der Waals surface area contributed by atoms with E-state index in [-0.39, 0.29) is 5.41 Å². The Morgan fingerprint density at radius 3 is 2.72 bits per heavy atom. The van der Waals surface area contributed by atoms with Crippen molar-refractivity contribution in [1.29, 1.82) is 0 Å². The number of aromatic nitrogens is 1. The van der Waals surface area contributed by atoms with E-state index in [9.17, 15) is 0 Å². The largest absolute Gasteiger partial charge is 0.397 e. The third kappa shape index (κ3) is 2.79. The van der Waals surface area contributed by atoms with Gasteiger partial charge in [0, 0.05) is 29.4 Å². The van der Waals surface area contributed by atoms with Crippen molar-refractivity contribution < 1.29 is 0 Å². The molecule has 2 rings (SSSR count). The molecule has 0 spiro atoms. The summed E-state index contributed by atoms with van der Waals surface area (Å²) in [6.45, 7) is 5.18.